The molecule has 0 saturated carbocycles. The number of rotatable bonds is 57. The van der Waals surface area contributed by atoms with E-state index in [0.29, 0.717) is 58.0 Å². The fraction of sp³-hybridized carbons (Fsp3) is 0.771. The van der Waals surface area contributed by atoms with Crippen molar-refractivity contribution in [2.24, 2.45) is 17.6 Å². The molecule has 2 aromatic carbocycles. The van der Waals surface area contributed by atoms with Crippen LogP contribution in [0.2, 0.25) is 36.3 Å². The van der Waals surface area contributed by atoms with Crippen molar-refractivity contribution < 1.29 is 100 Å². The Balaban J connectivity index is 0.00000104. The summed E-state index contributed by atoms with van der Waals surface area (Å²) in [4.78, 5) is 78.5. The summed E-state index contributed by atoms with van der Waals surface area (Å²) in [5.41, 5.74) is 1.09. The molecule has 23 nitrogen and oxygen atoms in total. The largest absolute Gasteiger partial charge is 0.494 e. The van der Waals surface area contributed by atoms with E-state index >= 15 is 0 Å². The number of carboxylic acid groups (broad SMARTS) is 1. The average molecular weight is 1780 g/mol. The topological polar surface area (TPSA) is 312 Å². The van der Waals surface area contributed by atoms with Crippen LogP contribution >= 0.6 is 12.4 Å². The Kier molecular flexibility index (Phi) is 54.7. The van der Waals surface area contributed by atoms with Crippen LogP contribution < -0.4 is 20.5 Å². The minimum Gasteiger partial charge on any atom is -0.494 e. The lowest BCUT2D eigenvalue weighted by Gasteiger charge is -2.38. The number of nitrogens with two attached hydrogens (primary N) is 1. The Morgan fingerprint density at radius 1 is 0.467 bits per heavy atom. The molecule has 1 unspecified atom stereocenters. The zero-order chi connectivity index (χ0) is 91.0. The molecule has 2 aliphatic rings. The first-order chi connectivity index (χ1) is 56.8. The number of hydrogen-bond donors (Lipinski definition) is 5. The van der Waals surface area contributed by atoms with Gasteiger partial charge < -0.3 is 82.6 Å². The summed E-state index contributed by atoms with van der Waals surface area (Å²) in [6, 6.07) is 13.3. The zero-order valence-corrected chi connectivity index (χ0v) is 82.5. The number of carbonyl (C=O) groups is 6. The summed E-state index contributed by atoms with van der Waals surface area (Å²) in [6.45, 7) is 44.0. The number of hydrogen-bond acceptors (Lipinski definition) is 21. The number of benzene rings is 2. The highest BCUT2D eigenvalue weighted by Gasteiger charge is 2.52. The first kappa shape index (κ1) is 115. The number of unbranched alkanes of at least 4 members (excludes halogenated alkanes) is 18. The first-order valence-corrected chi connectivity index (χ1v) is 51.6. The number of ether oxygens (including phenoxy) is 10. The summed E-state index contributed by atoms with van der Waals surface area (Å²) in [6.07, 6.45) is 35.9. The van der Waals surface area contributed by atoms with Gasteiger partial charge in [-0.25, -0.2) is 14.4 Å². The van der Waals surface area contributed by atoms with Crippen LogP contribution in [0.25, 0.3) is 0 Å². The van der Waals surface area contributed by atoms with Crippen LogP contribution in [0, 0.1) is 11.8 Å². The van der Waals surface area contributed by atoms with Crippen molar-refractivity contribution in [2.75, 3.05) is 67.1 Å². The summed E-state index contributed by atoms with van der Waals surface area (Å²) >= 11 is 0. The standard InChI is InChI=1S/C48H83NO10Si.C34H64O8Si.C14H21NO3.ClH/c1-12-14-16-20-23-30-47(56-35-36-57-47)31-24-21-18-17-19-22-25-40(48(53,44(52)59-45(3,4)5)32-34-58-60(10,11)46(6,7)8)42(50)49-41(43(51)54-9)37-38-26-28-39(29-27-38)55-33-15-13-2;1-10-11-12-16-19-22-33(39-26-27-40-33)23-20-17-14-13-15-18-21-28(29(35)36)34(38,30(37)42-31(2,3)4)24-25-41-43(8,9)32(5,6)7;1-3-4-9-18-12-7-5-11(6-8-12)10-13(15)14(16)17-2;/h22,25-29,40-41,53H,12-21,23-24,30-37H2,1-11H3,(H,49,50);18,21,28,38H,10-17,19-20,22-27H2,1-9H3,(H,35,36);5-8,13H,3-4,9-10,15H2,1-2H3;1H/b25-22+;21-18+;;/t40-,41+,48+;28-,34+;;/m11../s1. The number of esters is 4. The molecular formula is C96H169ClN2O21Si2. The van der Waals surface area contributed by atoms with Gasteiger partial charge in [0.25, 0.3) is 0 Å². The summed E-state index contributed by atoms with van der Waals surface area (Å²) in [7, 11) is -1.85. The molecule has 2 saturated heterocycles. The van der Waals surface area contributed by atoms with Crippen LogP contribution in [-0.2, 0) is 88.4 Å². The van der Waals surface area contributed by atoms with E-state index in [1.807, 2.05) is 54.6 Å². The molecule has 0 bridgehead atoms. The lowest BCUT2D eigenvalue weighted by Crippen LogP contribution is -2.57. The third-order valence-electron chi connectivity index (χ3n) is 23.1. The number of aliphatic carboxylic acids is 1. The second-order valence-corrected chi connectivity index (χ2v) is 47.6. The number of aliphatic hydroxyl groups is 2. The van der Waals surface area contributed by atoms with Gasteiger partial charge in [-0.1, -0.05) is 208 Å². The molecule has 26 heteroatoms. The zero-order valence-electron chi connectivity index (χ0n) is 79.7. The van der Waals surface area contributed by atoms with Crippen LogP contribution in [0.4, 0.5) is 0 Å². The fourth-order valence-electron chi connectivity index (χ4n) is 13.5. The second-order valence-electron chi connectivity index (χ2n) is 38.0. The van der Waals surface area contributed by atoms with Crippen molar-refractivity contribution in [3.63, 3.8) is 0 Å². The molecule has 122 heavy (non-hydrogen) atoms. The molecule has 0 aliphatic carbocycles. The monoisotopic (exact) mass is 1780 g/mol. The van der Waals surface area contributed by atoms with Crippen LogP contribution in [0.5, 0.6) is 11.5 Å². The van der Waals surface area contributed by atoms with Crippen molar-refractivity contribution in [1.82, 2.24) is 5.32 Å². The predicted molar refractivity (Wildman–Crippen MR) is 494 cm³/mol. The quantitative estimate of drug-likeness (QED) is 0.0135. The van der Waals surface area contributed by atoms with E-state index in [0.717, 1.165) is 139 Å². The van der Waals surface area contributed by atoms with Gasteiger partial charge in [-0.05, 0) is 184 Å². The van der Waals surface area contributed by atoms with Crippen LogP contribution in [0.15, 0.2) is 72.8 Å². The van der Waals surface area contributed by atoms with Crippen molar-refractivity contribution in [3.8, 4) is 11.5 Å². The summed E-state index contributed by atoms with van der Waals surface area (Å²) in [5, 5.41) is 36.8. The molecule has 6 atom stereocenters. The van der Waals surface area contributed by atoms with Crippen LogP contribution in [-0.4, -0.2) is 181 Å². The molecule has 4 rings (SSSR count). The minimum absolute atomic E-state index is 0. The van der Waals surface area contributed by atoms with E-state index < -0.39 is 110 Å². The highest BCUT2D eigenvalue weighted by Crippen LogP contribution is 2.41. The van der Waals surface area contributed by atoms with E-state index in [4.69, 9.17) is 57.2 Å². The molecule has 2 fully saturated rings. The lowest BCUT2D eigenvalue weighted by molar-refractivity contribution is -0.187. The van der Waals surface area contributed by atoms with Crippen molar-refractivity contribution in [1.29, 1.82) is 0 Å². The molecule has 6 N–H and O–H groups in total. The van der Waals surface area contributed by atoms with Gasteiger partial charge in [-0.15, -0.1) is 12.4 Å². The SMILES string of the molecule is CCCCCCCC1(CCCCCC/C=C/[C@H](C(=O)N[C@@H](Cc2ccc(OCCCC)cc2)C(=O)OC)[C@@](O)(CCO[Si](C)(C)C(C)(C)C)C(=O)OC(C)(C)C)OCCO1.CCCCCCCC1(CCCCCC/C=C/[C@H](C(=O)O)[C@@](O)(CCO[Si](C)(C)C(C)(C)C)C(=O)OC(C)(C)C)OCCO1.CCCCOc1ccc(CC(N)C(=O)OC)cc1.Cl. The Bertz CT molecular complexity index is 3280. The highest BCUT2D eigenvalue weighted by atomic mass is 35.5. The normalized spacial score (nSPS) is 16.3. The smallest absolute Gasteiger partial charge is 0.339 e. The van der Waals surface area contributed by atoms with Crippen LogP contribution in [0.3, 0.4) is 0 Å². The summed E-state index contributed by atoms with van der Waals surface area (Å²) in [5.74, 6) is -7.03. The van der Waals surface area contributed by atoms with Gasteiger partial charge in [0.2, 0.25) is 5.91 Å². The van der Waals surface area contributed by atoms with E-state index in [9.17, 15) is 44.1 Å². The van der Waals surface area contributed by atoms with Crippen molar-refractivity contribution >= 4 is 64.8 Å². The van der Waals surface area contributed by atoms with Gasteiger partial charge in [0.05, 0.1) is 59.8 Å². The Morgan fingerprint density at radius 2 is 0.795 bits per heavy atom. The molecule has 2 heterocycles. The average Bonchev–Trinajstić information content (AvgIpc) is 0.965. The predicted octanol–water partition coefficient (Wildman–Crippen LogP) is 20.7. The summed E-state index contributed by atoms with van der Waals surface area (Å²) < 4.78 is 69.3. The van der Waals surface area contributed by atoms with Gasteiger partial charge in [-0.2, -0.15) is 0 Å². The number of halogens is 1. The van der Waals surface area contributed by atoms with Crippen molar-refractivity contribution in [3.05, 3.63) is 84.0 Å². The maximum atomic E-state index is 14.5. The fourth-order valence-corrected chi connectivity index (χ4v) is 15.6. The minimum atomic E-state index is -2.31. The maximum Gasteiger partial charge on any atom is 0.339 e. The molecular weight excluding hydrogens is 1610 g/mol. The Labute approximate surface area is 745 Å². The Hall–Kier alpha value is -5.30. The van der Waals surface area contributed by atoms with E-state index in [2.05, 4.69) is 105 Å². The molecule has 2 aromatic rings. The van der Waals surface area contributed by atoms with E-state index in [-0.39, 0.29) is 55.0 Å². The maximum absolute atomic E-state index is 14.5. The second kappa shape index (κ2) is 58.2. The van der Waals surface area contributed by atoms with Gasteiger partial charge >= 0.3 is 29.8 Å². The third-order valence-corrected chi connectivity index (χ3v) is 32.2. The van der Waals surface area contributed by atoms with Gasteiger partial charge in [0.1, 0.15) is 40.7 Å². The molecule has 0 radical (unpaired) electrons. The van der Waals surface area contributed by atoms with Gasteiger partial charge in [0.15, 0.2) is 39.4 Å². The third kappa shape index (κ3) is 44.4. The number of carbonyl (C=O) groups excluding carboxylic acids is 5. The molecule has 704 valence electrons. The van der Waals surface area contributed by atoms with Gasteiger partial charge in [-0.3, -0.25) is 14.4 Å². The number of carboxylic acids is 1. The number of allylic oxidation sites excluding steroid dienone is 2. The molecule has 2 aliphatic heterocycles. The molecule has 1 amide bonds. The number of amides is 1. The first-order valence-electron chi connectivity index (χ1n) is 45.7. The van der Waals surface area contributed by atoms with E-state index in [1.54, 1.807) is 53.7 Å². The Morgan fingerprint density at radius 3 is 1.12 bits per heavy atom. The highest BCUT2D eigenvalue weighted by molar-refractivity contribution is 6.74. The number of nitrogens with one attached hydrogen (secondary N) is 1. The molecule has 0 spiro atoms. The van der Waals surface area contributed by atoms with E-state index in [1.165, 1.54) is 71.7 Å². The van der Waals surface area contributed by atoms with Crippen LogP contribution in [0.1, 0.15) is 315 Å². The van der Waals surface area contributed by atoms with Gasteiger partial charge in [0, 0.05) is 58.2 Å². The van der Waals surface area contributed by atoms with Crippen molar-refractivity contribution in [2.45, 2.75) is 399 Å². The lowest BCUT2D eigenvalue weighted by atomic mass is 9.82. The molecule has 0 aromatic heterocycles. The number of methoxy groups -OCH3 is 2.